The lowest BCUT2D eigenvalue weighted by Crippen LogP contribution is -2.51. The van der Waals surface area contributed by atoms with Crippen molar-refractivity contribution in [3.05, 3.63) is 24.3 Å². The Morgan fingerprint density at radius 3 is 2.22 bits per heavy atom. The fourth-order valence-electron chi connectivity index (χ4n) is 1.79. The highest BCUT2D eigenvalue weighted by Gasteiger charge is 2.21. The van der Waals surface area contributed by atoms with Crippen LogP contribution in [-0.4, -0.2) is 38.2 Å². The SMILES string of the molecule is C[C@@H](NC(=O)Nc1ccccc1S(C)(=O)=O)C(=O)NC(C)(C)C. The molecule has 0 bridgehead atoms. The van der Waals surface area contributed by atoms with Crippen LogP contribution in [0.4, 0.5) is 10.5 Å². The zero-order chi connectivity index (χ0) is 17.8. The number of amides is 3. The summed E-state index contributed by atoms with van der Waals surface area (Å²) in [5, 5.41) is 7.68. The summed E-state index contributed by atoms with van der Waals surface area (Å²) in [4.78, 5) is 23.9. The quantitative estimate of drug-likeness (QED) is 0.772. The van der Waals surface area contributed by atoms with E-state index in [1.54, 1.807) is 19.1 Å². The fourth-order valence-corrected chi connectivity index (χ4v) is 2.64. The molecular weight excluding hydrogens is 318 g/mol. The number of carbonyl (C=O) groups excluding carboxylic acids is 2. The highest BCUT2D eigenvalue weighted by Crippen LogP contribution is 2.20. The van der Waals surface area contributed by atoms with E-state index in [0.29, 0.717) is 0 Å². The van der Waals surface area contributed by atoms with Gasteiger partial charge in [0.1, 0.15) is 6.04 Å². The van der Waals surface area contributed by atoms with Crippen LogP contribution in [0.25, 0.3) is 0 Å². The van der Waals surface area contributed by atoms with E-state index in [0.717, 1.165) is 6.26 Å². The van der Waals surface area contributed by atoms with Crippen LogP contribution in [0.3, 0.4) is 0 Å². The molecule has 1 aromatic rings. The molecule has 0 unspecified atom stereocenters. The van der Waals surface area contributed by atoms with E-state index in [1.807, 2.05) is 20.8 Å². The molecule has 0 spiro atoms. The molecule has 0 aliphatic carbocycles. The topological polar surface area (TPSA) is 104 Å². The molecule has 0 aliphatic heterocycles. The van der Waals surface area contributed by atoms with Crippen molar-refractivity contribution in [1.82, 2.24) is 10.6 Å². The van der Waals surface area contributed by atoms with Gasteiger partial charge in [-0.2, -0.15) is 0 Å². The lowest BCUT2D eigenvalue weighted by molar-refractivity contribution is -0.123. The normalized spacial score (nSPS) is 13.1. The average Bonchev–Trinajstić information content (AvgIpc) is 2.35. The number of anilines is 1. The third-order valence-electron chi connectivity index (χ3n) is 2.77. The standard InChI is InChI=1S/C15H23N3O4S/c1-10(13(19)18-15(2,3)4)16-14(20)17-11-8-6-7-9-12(11)23(5,21)22/h6-10H,1-5H3,(H,18,19)(H2,16,17,20)/t10-/m1/s1. The second-order valence-electron chi connectivity index (χ2n) is 6.33. The van der Waals surface area contributed by atoms with E-state index in [1.165, 1.54) is 12.1 Å². The van der Waals surface area contributed by atoms with Crippen molar-refractivity contribution in [2.45, 2.75) is 44.2 Å². The molecule has 0 radical (unpaired) electrons. The summed E-state index contributed by atoms with van der Waals surface area (Å²) in [6.45, 7) is 7.04. The fraction of sp³-hybridized carbons (Fsp3) is 0.467. The van der Waals surface area contributed by atoms with Crippen LogP contribution in [0, 0.1) is 0 Å². The number of sulfone groups is 1. The van der Waals surface area contributed by atoms with Crippen molar-refractivity contribution in [1.29, 1.82) is 0 Å². The van der Waals surface area contributed by atoms with Gasteiger partial charge in [0.15, 0.2) is 9.84 Å². The van der Waals surface area contributed by atoms with E-state index in [9.17, 15) is 18.0 Å². The minimum Gasteiger partial charge on any atom is -0.350 e. The van der Waals surface area contributed by atoms with Gasteiger partial charge in [-0.05, 0) is 39.8 Å². The molecule has 0 heterocycles. The van der Waals surface area contributed by atoms with E-state index >= 15 is 0 Å². The van der Waals surface area contributed by atoms with Gasteiger partial charge in [-0.15, -0.1) is 0 Å². The summed E-state index contributed by atoms with van der Waals surface area (Å²) in [6.07, 6.45) is 1.06. The van der Waals surface area contributed by atoms with Crippen LogP contribution in [0.1, 0.15) is 27.7 Å². The first-order valence-corrected chi connectivity index (χ1v) is 8.98. The van der Waals surface area contributed by atoms with Crippen molar-refractivity contribution in [3.8, 4) is 0 Å². The summed E-state index contributed by atoms with van der Waals surface area (Å²) in [6, 6.07) is 4.65. The molecule has 7 nitrogen and oxygen atoms in total. The number of urea groups is 1. The summed E-state index contributed by atoms with van der Waals surface area (Å²) in [5.41, 5.74) is -0.247. The Balaban J connectivity index is 2.77. The van der Waals surface area contributed by atoms with Gasteiger partial charge in [-0.1, -0.05) is 12.1 Å². The second kappa shape index (κ2) is 6.99. The Bertz CT molecular complexity index is 693. The number of rotatable bonds is 4. The van der Waals surface area contributed by atoms with Gasteiger partial charge in [-0.3, -0.25) is 4.79 Å². The molecule has 8 heteroatoms. The highest BCUT2D eigenvalue weighted by atomic mass is 32.2. The largest absolute Gasteiger partial charge is 0.350 e. The van der Waals surface area contributed by atoms with Crippen molar-refractivity contribution in [2.24, 2.45) is 0 Å². The van der Waals surface area contributed by atoms with Gasteiger partial charge < -0.3 is 16.0 Å². The maximum atomic E-state index is 12.0. The van der Waals surface area contributed by atoms with E-state index in [4.69, 9.17) is 0 Å². The van der Waals surface area contributed by atoms with Crippen LogP contribution >= 0.6 is 0 Å². The third kappa shape index (κ3) is 6.27. The number of benzene rings is 1. The summed E-state index contributed by atoms with van der Waals surface area (Å²) in [5.74, 6) is -0.330. The Morgan fingerprint density at radius 1 is 1.13 bits per heavy atom. The molecule has 1 aromatic carbocycles. The first-order valence-electron chi connectivity index (χ1n) is 7.09. The lowest BCUT2D eigenvalue weighted by atomic mass is 10.1. The first-order chi connectivity index (χ1) is 10.4. The smallest absolute Gasteiger partial charge is 0.319 e. The Hall–Kier alpha value is -2.09. The van der Waals surface area contributed by atoms with Crippen LogP contribution < -0.4 is 16.0 Å². The van der Waals surface area contributed by atoms with Crippen LogP contribution in [0.5, 0.6) is 0 Å². The van der Waals surface area contributed by atoms with Gasteiger partial charge >= 0.3 is 6.03 Å². The molecule has 0 fully saturated rings. The summed E-state index contributed by atoms with van der Waals surface area (Å²) < 4.78 is 23.4. The average molecular weight is 341 g/mol. The predicted octanol–water partition coefficient (Wildman–Crippen LogP) is 1.51. The minimum atomic E-state index is -3.47. The van der Waals surface area contributed by atoms with E-state index in [-0.39, 0.29) is 16.5 Å². The van der Waals surface area contributed by atoms with Crippen LogP contribution in [0.15, 0.2) is 29.2 Å². The highest BCUT2D eigenvalue weighted by molar-refractivity contribution is 7.90. The number of nitrogens with one attached hydrogen (secondary N) is 3. The zero-order valence-electron chi connectivity index (χ0n) is 13.9. The zero-order valence-corrected chi connectivity index (χ0v) is 14.7. The Kier molecular flexibility index (Phi) is 5.76. The number of para-hydroxylation sites is 1. The van der Waals surface area contributed by atoms with Gasteiger partial charge in [0.05, 0.1) is 10.6 Å². The summed E-state index contributed by atoms with van der Waals surface area (Å²) in [7, 11) is -3.47. The van der Waals surface area contributed by atoms with Crippen molar-refractivity contribution < 1.29 is 18.0 Å². The molecule has 0 saturated heterocycles. The monoisotopic (exact) mass is 341 g/mol. The van der Waals surface area contributed by atoms with Crippen molar-refractivity contribution >= 4 is 27.5 Å². The van der Waals surface area contributed by atoms with Gasteiger partial charge in [0.25, 0.3) is 0 Å². The predicted molar refractivity (Wildman–Crippen MR) is 89.1 cm³/mol. The molecule has 23 heavy (non-hydrogen) atoms. The Morgan fingerprint density at radius 2 is 1.70 bits per heavy atom. The molecule has 3 N–H and O–H groups in total. The van der Waals surface area contributed by atoms with Gasteiger partial charge in [0, 0.05) is 11.8 Å². The number of hydrogen-bond acceptors (Lipinski definition) is 4. The number of carbonyl (C=O) groups is 2. The molecule has 128 valence electrons. The lowest BCUT2D eigenvalue weighted by Gasteiger charge is -2.23. The first kappa shape index (κ1) is 19.0. The minimum absolute atomic E-state index is 0.0157. The van der Waals surface area contributed by atoms with Crippen molar-refractivity contribution in [3.63, 3.8) is 0 Å². The second-order valence-corrected chi connectivity index (χ2v) is 8.31. The third-order valence-corrected chi connectivity index (χ3v) is 3.93. The molecular formula is C15H23N3O4S. The molecule has 0 saturated carbocycles. The summed E-state index contributed by atoms with van der Waals surface area (Å²) >= 11 is 0. The molecule has 1 atom stereocenters. The van der Waals surface area contributed by atoms with E-state index in [2.05, 4.69) is 16.0 Å². The molecule has 0 aliphatic rings. The van der Waals surface area contributed by atoms with Gasteiger partial charge in [0.2, 0.25) is 5.91 Å². The van der Waals surface area contributed by atoms with E-state index < -0.39 is 27.4 Å². The maximum absolute atomic E-state index is 12.0. The van der Waals surface area contributed by atoms with Crippen LogP contribution in [0.2, 0.25) is 0 Å². The molecule has 1 rings (SSSR count). The Labute approximate surface area is 136 Å². The molecule has 0 aromatic heterocycles. The van der Waals surface area contributed by atoms with Crippen molar-refractivity contribution in [2.75, 3.05) is 11.6 Å². The maximum Gasteiger partial charge on any atom is 0.319 e. The number of hydrogen-bond donors (Lipinski definition) is 3. The molecule has 3 amide bonds. The van der Waals surface area contributed by atoms with Crippen LogP contribution in [-0.2, 0) is 14.6 Å². The van der Waals surface area contributed by atoms with Gasteiger partial charge in [-0.25, -0.2) is 13.2 Å².